The maximum atomic E-state index is 5.80. The summed E-state index contributed by atoms with van der Waals surface area (Å²) in [6.45, 7) is 3.46. The van der Waals surface area contributed by atoms with Crippen LogP contribution in [0, 0.1) is 0 Å². The molecular weight excluding hydrogens is 405 g/mol. The van der Waals surface area contributed by atoms with E-state index < -0.39 is 0 Å². The lowest BCUT2D eigenvalue weighted by atomic mass is 10.3. The maximum Gasteiger partial charge on any atom is 0.188 e. The molecule has 2 aromatic rings. The fourth-order valence-corrected chi connectivity index (χ4v) is 1.94. The molecule has 0 spiro atoms. The van der Waals surface area contributed by atoms with Crippen LogP contribution in [0.15, 0.2) is 41.5 Å². The molecule has 126 valence electrons. The topological polar surface area (TPSA) is 77.5 Å². The fraction of sp³-hybridized carbons (Fsp3) is 0.375. The number of aliphatic imine (C=N–C) groups is 1. The number of guanidine groups is 1. The number of ether oxygens (including phenoxy) is 1. The van der Waals surface area contributed by atoms with Crippen molar-refractivity contribution in [3.05, 3.63) is 42.2 Å². The zero-order chi connectivity index (χ0) is 15.8. The Morgan fingerprint density at radius 3 is 2.70 bits per heavy atom. The molecule has 0 aliphatic rings. The van der Waals surface area contributed by atoms with Crippen LogP contribution in [0.3, 0.4) is 0 Å². The average molecular weight is 429 g/mol. The van der Waals surface area contributed by atoms with Crippen LogP contribution in [0.2, 0.25) is 0 Å². The molecule has 1 heterocycles. The second kappa shape index (κ2) is 10.1. The third-order valence-corrected chi connectivity index (χ3v) is 3.23. The molecule has 0 saturated carbocycles. The van der Waals surface area contributed by atoms with Crippen LogP contribution >= 0.6 is 24.0 Å². The lowest BCUT2D eigenvalue weighted by molar-refractivity contribution is 0.414. The predicted octanol–water partition coefficient (Wildman–Crippen LogP) is 2.70. The smallest absolute Gasteiger partial charge is 0.188 e. The molecular formula is C16H24IN5O. The Kier molecular flexibility index (Phi) is 8.46. The number of rotatable bonds is 7. The minimum Gasteiger partial charge on any atom is -0.497 e. The SMILES string of the molecule is CCCCNC(N)=NCc1ccn(-c2ccc(OC)cc2)n1.I. The van der Waals surface area contributed by atoms with Gasteiger partial charge in [0.2, 0.25) is 0 Å². The molecule has 2 rings (SSSR count). The molecule has 0 unspecified atom stereocenters. The molecule has 3 N–H and O–H groups in total. The fourth-order valence-electron chi connectivity index (χ4n) is 1.94. The highest BCUT2D eigenvalue weighted by Crippen LogP contribution is 2.14. The molecule has 1 aromatic heterocycles. The molecule has 23 heavy (non-hydrogen) atoms. The molecule has 6 nitrogen and oxygen atoms in total. The summed E-state index contributed by atoms with van der Waals surface area (Å²) in [5.41, 5.74) is 7.65. The number of hydrogen-bond donors (Lipinski definition) is 2. The van der Waals surface area contributed by atoms with Crippen LogP contribution < -0.4 is 15.8 Å². The molecule has 1 aromatic carbocycles. The van der Waals surface area contributed by atoms with Crippen LogP contribution in [0.4, 0.5) is 0 Å². The quantitative estimate of drug-likeness (QED) is 0.307. The van der Waals surface area contributed by atoms with Gasteiger partial charge in [0.25, 0.3) is 0 Å². The number of unbranched alkanes of at least 4 members (excludes halogenated alkanes) is 1. The number of hydrogen-bond acceptors (Lipinski definition) is 3. The van der Waals surface area contributed by atoms with E-state index in [0.717, 1.165) is 36.5 Å². The number of nitrogens with two attached hydrogens (primary N) is 1. The van der Waals surface area contributed by atoms with Gasteiger partial charge in [-0.25, -0.2) is 9.67 Å². The number of halogens is 1. The Morgan fingerprint density at radius 2 is 2.04 bits per heavy atom. The Morgan fingerprint density at radius 1 is 1.30 bits per heavy atom. The van der Waals surface area contributed by atoms with Crippen LogP contribution in [0.1, 0.15) is 25.5 Å². The highest BCUT2D eigenvalue weighted by atomic mass is 127. The predicted molar refractivity (Wildman–Crippen MR) is 104 cm³/mol. The van der Waals surface area contributed by atoms with Gasteiger partial charge in [-0.1, -0.05) is 13.3 Å². The van der Waals surface area contributed by atoms with Gasteiger partial charge >= 0.3 is 0 Å². The minimum absolute atomic E-state index is 0. The molecule has 0 bridgehead atoms. The van der Waals surface area contributed by atoms with Gasteiger partial charge in [-0.3, -0.25) is 0 Å². The average Bonchev–Trinajstić information content (AvgIpc) is 3.02. The molecule has 7 heteroatoms. The van der Waals surface area contributed by atoms with Crippen LogP contribution in [-0.4, -0.2) is 29.4 Å². The van der Waals surface area contributed by atoms with E-state index in [1.165, 1.54) is 0 Å². The van der Waals surface area contributed by atoms with Crippen molar-refractivity contribution in [1.82, 2.24) is 15.1 Å². The van der Waals surface area contributed by atoms with Gasteiger partial charge in [-0.05, 0) is 36.8 Å². The highest BCUT2D eigenvalue weighted by molar-refractivity contribution is 14.0. The summed E-state index contributed by atoms with van der Waals surface area (Å²) in [7, 11) is 1.65. The number of nitrogens with zero attached hydrogens (tertiary/aromatic N) is 3. The van der Waals surface area contributed by atoms with E-state index in [4.69, 9.17) is 10.5 Å². The minimum atomic E-state index is 0. The first-order valence-corrected chi connectivity index (χ1v) is 7.45. The third-order valence-electron chi connectivity index (χ3n) is 3.23. The summed E-state index contributed by atoms with van der Waals surface area (Å²) < 4.78 is 6.96. The molecule has 0 aliphatic carbocycles. The molecule has 0 fully saturated rings. The van der Waals surface area contributed by atoms with Gasteiger partial charge in [0.05, 0.1) is 25.0 Å². The van der Waals surface area contributed by atoms with E-state index in [0.29, 0.717) is 12.5 Å². The van der Waals surface area contributed by atoms with Crippen molar-refractivity contribution in [1.29, 1.82) is 0 Å². The van der Waals surface area contributed by atoms with E-state index >= 15 is 0 Å². The van der Waals surface area contributed by atoms with Crippen molar-refractivity contribution < 1.29 is 4.74 Å². The molecule has 0 aliphatic heterocycles. The lowest BCUT2D eigenvalue weighted by Gasteiger charge is -2.04. The number of methoxy groups -OCH3 is 1. The van der Waals surface area contributed by atoms with Gasteiger partial charge in [0, 0.05) is 12.7 Å². The third kappa shape index (κ3) is 6.09. The van der Waals surface area contributed by atoms with E-state index in [2.05, 4.69) is 22.3 Å². The van der Waals surface area contributed by atoms with Crippen LogP contribution in [0.25, 0.3) is 5.69 Å². The number of aromatic nitrogens is 2. The Balaban J connectivity index is 0.00000264. The van der Waals surface area contributed by atoms with E-state index in [1.54, 1.807) is 7.11 Å². The Labute approximate surface area is 154 Å². The van der Waals surface area contributed by atoms with E-state index in [9.17, 15) is 0 Å². The largest absolute Gasteiger partial charge is 0.497 e. The Bertz CT molecular complexity index is 609. The van der Waals surface area contributed by atoms with Gasteiger partial charge < -0.3 is 15.8 Å². The summed E-state index contributed by atoms with van der Waals surface area (Å²) in [5, 5.41) is 7.57. The maximum absolute atomic E-state index is 5.80. The normalized spacial score (nSPS) is 11.0. The summed E-state index contributed by atoms with van der Waals surface area (Å²) in [5.74, 6) is 1.29. The monoisotopic (exact) mass is 429 g/mol. The van der Waals surface area contributed by atoms with Gasteiger partial charge in [-0.2, -0.15) is 5.10 Å². The van der Waals surface area contributed by atoms with Gasteiger partial charge in [-0.15, -0.1) is 24.0 Å². The first kappa shape index (κ1) is 19.3. The Hall–Kier alpha value is -1.77. The van der Waals surface area contributed by atoms with Gasteiger partial charge in [0.1, 0.15) is 5.75 Å². The lowest BCUT2D eigenvalue weighted by Crippen LogP contribution is -2.32. The van der Waals surface area contributed by atoms with E-state index in [-0.39, 0.29) is 24.0 Å². The molecule has 0 radical (unpaired) electrons. The molecule has 0 amide bonds. The first-order valence-electron chi connectivity index (χ1n) is 7.45. The standard InChI is InChI=1S/C16H23N5O.HI/c1-3-4-10-18-16(17)19-12-13-9-11-21(20-13)14-5-7-15(22-2)8-6-14;/h5-9,11H,3-4,10,12H2,1-2H3,(H3,17,18,19);1H. The number of benzene rings is 1. The molecule has 0 saturated heterocycles. The van der Waals surface area contributed by atoms with Crippen molar-refractivity contribution in [3.63, 3.8) is 0 Å². The van der Waals surface area contributed by atoms with Crippen molar-refractivity contribution in [3.8, 4) is 11.4 Å². The van der Waals surface area contributed by atoms with Crippen LogP contribution in [-0.2, 0) is 6.54 Å². The van der Waals surface area contributed by atoms with Crippen molar-refractivity contribution >= 4 is 29.9 Å². The second-order valence-corrected chi connectivity index (χ2v) is 4.93. The van der Waals surface area contributed by atoms with E-state index in [1.807, 2.05) is 41.2 Å². The summed E-state index contributed by atoms with van der Waals surface area (Å²) in [4.78, 5) is 4.29. The van der Waals surface area contributed by atoms with Crippen molar-refractivity contribution in [2.45, 2.75) is 26.3 Å². The number of nitrogens with one attached hydrogen (secondary N) is 1. The zero-order valence-corrected chi connectivity index (χ0v) is 15.9. The van der Waals surface area contributed by atoms with Gasteiger partial charge in [0.15, 0.2) is 5.96 Å². The molecule has 0 atom stereocenters. The van der Waals surface area contributed by atoms with Crippen LogP contribution in [0.5, 0.6) is 5.75 Å². The first-order chi connectivity index (χ1) is 10.7. The summed E-state index contributed by atoms with van der Waals surface area (Å²) >= 11 is 0. The summed E-state index contributed by atoms with van der Waals surface area (Å²) in [6, 6.07) is 9.67. The zero-order valence-electron chi connectivity index (χ0n) is 13.5. The second-order valence-electron chi connectivity index (χ2n) is 4.93. The van der Waals surface area contributed by atoms with Crippen molar-refractivity contribution in [2.24, 2.45) is 10.7 Å². The summed E-state index contributed by atoms with van der Waals surface area (Å²) in [6.07, 6.45) is 4.13. The van der Waals surface area contributed by atoms with Crippen molar-refractivity contribution in [2.75, 3.05) is 13.7 Å². The highest BCUT2D eigenvalue weighted by Gasteiger charge is 2.01.